The maximum atomic E-state index is 14.6. The molecule has 7 N–H and O–H groups in total. The van der Waals surface area contributed by atoms with Crippen LogP contribution in [-0.4, -0.2) is 88.3 Å². The number of rotatable bonds is 7. The van der Waals surface area contributed by atoms with Crippen LogP contribution >= 0.6 is 0 Å². The zero-order valence-corrected chi connectivity index (χ0v) is 35.4. The molecule has 0 spiro atoms. The summed E-state index contributed by atoms with van der Waals surface area (Å²) in [5.41, 5.74) is 5.05. The predicted molar refractivity (Wildman–Crippen MR) is 228 cm³/mol. The number of ketones is 1. The van der Waals surface area contributed by atoms with Gasteiger partial charge >= 0.3 is 11.8 Å². The Morgan fingerprint density at radius 3 is 2.56 bits per heavy atom. The van der Waals surface area contributed by atoms with E-state index in [1.165, 1.54) is 40.0 Å². The number of carbonyl (C=O) groups is 3. The van der Waals surface area contributed by atoms with E-state index in [-0.39, 0.29) is 62.4 Å². The fourth-order valence-electron chi connectivity index (χ4n) is 7.73. The number of nitrogens with zero attached hydrogens (tertiary/aromatic N) is 1. The van der Waals surface area contributed by atoms with Crippen LogP contribution in [0.2, 0.25) is 0 Å². The van der Waals surface area contributed by atoms with E-state index in [2.05, 4.69) is 10.6 Å². The Labute approximate surface area is 352 Å². The van der Waals surface area contributed by atoms with Crippen LogP contribution in [0.5, 0.6) is 17.2 Å². The molecule has 4 aliphatic rings. The number of aliphatic hydroxyl groups is 2. The van der Waals surface area contributed by atoms with Gasteiger partial charge in [0, 0.05) is 73.8 Å². The first-order valence-electron chi connectivity index (χ1n) is 20.4. The van der Waals surface area contributed by atoms with Crippen LogP contribution in [0.3, 0.4) is 0 Å². The second-order valence-electron chi connectivity index (χ2n) is 15.9. The predicted octanol–water partition coefficient (Wildman–Crippen LogP) is 5.01. The van der Waals surface area contributed by atoms with Gasteiger partial charge in [-0.2, -0.15) is 0 Å². The molecule has 0 aromatic heterocycles. The largest absolute Gasteiger partial charge is 0.507 e. The van der Waals surface area contributed by atoms with Crippen molar-refractivity contribution in [3.05, 3.63) is 75.7 Å². The lowest BCUT2D eigenvalue weighted by Gasteiger charge is -2.34. The SMILES string of the molecule is CC(=O)O[C@@H]1CC/C=C/O[C@@]2(C)Oc3c(C)c(O)c4c(=O)c(c5oc6cc(OCCNCCN)ccc6nc-5c4c3C2=O)NC(=O)/C(C)=C\C=C\[C@H](C)[C@H](O)[C@@H](C)[C@@H](O)[C@H]1C. The molecule has 326 valence electrons. The molecule has 3 heterocycles. The molecule has 4 bridgehead atoms. The van der Waals surface area contributed by atoms with Gasteiger partial charge in [0.25, 0.3) is 11.7 Å². The minimum absolute atomic E-state index is 0.0129. The lowest BCUT2D eigenvalue weighted by atomic mass is 9.81. The van der Waals surface area contributed by atoms with Crippen molar-refractivity contribution in [2.24, 2.45) is 23.5 Å². The van der Waals surface area contributed by atoms with E-state index in [1.54, 1.807) is 57.2 Å². The summed E-state index contributed by atoms with van der Waals surface area (Å²) in [5, 5.41) is 39.8. The number of fused-ring (bicyclic) bond motifs is 2. The van der Waals surface area contributed by atoms with E-state index < -0.39 is 70.7 Å². The van der Waals surface area contributed by atoms with E-state index >= 15 is 0 Å². The summed E-state index contributed by atoms with van der Waals surface area (Å²) < 4.78 is 30.0. The van der Waals surface area contributed by atoms with Gasteiger partial charge in [-0.05, 0) is 44.9 Å². The highest BCUT2D eigenvalue weighted by Gasteiger charge is 2.50. The number of hydrogen-bond acceptors (Lipinski definition) is 15. The summed E-state index contributed by atoms with van der Waals surface area (Å²) in [6.07, 6.45) is 5.42. The van der Waals surface area contributed by atoms with Crippen LogP contribution in [0.25, 0.3) is 33.3 Å². The van der Waals surface area contributed by atoms with E-state index in [0.29, 0.717) is 43.9 Å². The summed E-state index contributed by atoms with van der Waals surface area (Å²) in [6, 6.07) is 4.92. The van der Waals surface area contributed by atoms with E-state index in [4.69, 9.17) is 34.1 Å². The number of aromatic nitrogens is 1. The molecular weight excluding hydrogens is 789 g/mol. The van der Waals surface area contributed by atoms with Crippen LogP contribution < -0.4 is 31.3 Å². The Hall–Kier alpha value is -5.81. The van der Waals surface area contributed by atoms with Crippen molar-refractivity contribution >= 4 is 45.2 Å². The number of amides is 1. The first kappa shape index (κ1) is 44.7. The van der Waals surface area contributed by atoms with E-state index in [9.17, 15) is 34.5 Å². The van der Waals surface area contributed by atoms with Gasteiger partial charge in [0.2, 0.25) is 5.43 Å². The number of esters is 1. The van der Waals surface area contributed by atoms with Gasteiger partial charge in [0.15, 0.2) is 11.3 Å². The molecule has 1 aliphatic carbocycles. The number of aliphatic hydroxyl groups excluding tert-OH is 2. The molecule has 3 aliphatic heterocycles. The first-order valence-corrected chi connectivity index (χ1v) is 20.4. The molecule has 16 nitrogen and oxygen atoms in total. The zero-order chi connectivity index (χ0) is 44.3. The van der Waals surface area contributed by atoms with Crippen molar-refractivity contribution in [2.45, 2.75) is 85.4 Å². The summed E-state index contributed by atoms with van der Waals surface area (Å²) >= 11 is 0. The van der Waals surface area contributed by atoms with Crippen molar-refractivity contribution in [1.29, 1.82) is 0 Å². The summed E-state index contributed by atoms with van der Waals surface area (Å²) in [6.45, 7) is 12.9. The standard InChI is InChI=1S/C45H54N4O12/c1-22-11-10-12-23(2)44(56)49-36-40(54)33-32(35-42(36)60-31-21-28(14-15-29(31)48-35)57-20-18-47-17-16-46)34-41(26(5)39(33)53)61-45(7,43(34)55)58-19-9-8-13-30(59-27(6)50)24(3)38(52)25(4)37(22)51/h9-12,14-15,19,21-22,24-25,30,37-38,47,51-53H,8,13,16-18,20,46H2,1-7H3,(H,49,56)/b11-10+,19-9+,23-12-/t22-,24-,25+,30+,37-,38-,45-/m0/s1. The van der Waals surface area contributed by atoms with Crippen LogP contribution in [0, 0.1) is 24.7 Å². The summed E-state index contributed by atoms with van der Waals surface area (Å²) in [4.78, 5) is 59.9. The van der Waals surface area contributed by atoms with Crippen molar-refractivity contribution in [3.8, 4) is 28.7 Å². The Morgan fingerprint density at radius 2 is 1.84 bits per heavy atom. The lowest BCUT2D eigenvalue weighted by molar-refractivity contribution is -0.153. The number of ether oxygens (including phenoxy) is 4. The van der Waals surface area contributed by atoms with Crippen LogP contribution in [0.15, 0.2) is 63.6 Å². The first-order chi connectivity index (χ1) is 29.0. The normalized spacial score (nSPS) is 27.0. The third-order valence-electron chi connectivity index (χ3n) is 11.4. The van der Waals surface area contributed by atoms with Crippen LogP contribution in [-0.2, 0) is 19.1 Å². The smallest absolute Gasteiger partial charge is 0.312 e. The molecule has 2 aromatic rings. The van der Waals surface area contributed by atoms with Crippen LogP contribution in [0.4, 0.5) is 5.69 Å². The van der Waals surface area contributed by atoms with Gasteiger partial charge in [-0.25, -0.2) is 4.98 Å². The van der Waals surface area contributed by atoms with Crippen molar-refractivity contribution in [3.63, 3.8) is 0 Å². The fourth-order valence-corrected chi connectivity index (χ4v) is 7.73. The van der Waals surface area contributed by atoms with Gasteiger partial charge in [-0.15, -0.1) is 0 Å². The maximum Gasteiger partial charge on any atom is 0.312 e. The lowest BCUT2D eigenvalue weighted by Crippen LogP contribution is -2.42. The van der Waals surface area contributed by atoms with Gasteiger partial charge in [-0.3, -0.25) is 19.2 Å². The Bertz CT molecular complexity index is 2460. The average molecular weight is 843 g/mol. The Morgan fingerprint density at radius 1 is 1.08 bits per heavy atom. The number of benzene rings is 3. The average Bonchev–Trinajstić information content (AvgIpc) is 3.49. The second kappa shape index (κ2) is 18.4. The highest BCUT2D eigenvalue weighted by molar-refractivity contribution is 6.22. The third kappa shape index (κ3) is 8.98. The summed E-state index contributed by atoms with van der Waals surface area (Å²) in [7, 11) is 0. The number of anilines is 1. The Balaban J connectivity index is 1.52. The molecule has 0 radical (unpaired) electrons. The molecule has 1 amide bonds. The van der Waals surface area contributed by atoms with Gasteiger partial charge in [0.1, 0.15) is 46.9 Å². The molecular formula is C45H54N4O12. The monoisotopic (exact) mass is 842 g/mol. The highest BCUT2D eigenvalue weighted by Crippen LogP contribution is 2.50. The number of phenols is 1. The molecule has 6 rings (SSSR count). The molecule has 7 atom stereocenters. The summed E-state index contributed by atoms with van der Waals surface area (Å²) in [5.74, 6) is -5.83. The number of nitrogens with two attached hydrogens (primary N) is 1. The maximum absolute atomic E-state index is 14.6. The van der Waals surface area contributed by atoms with Crippen molar-refractivity contribution < 1.29 is 53.1 Å². The Kier molecular flexibility index (Phi) is 13.5. The minimum Gasteiger partial charge on any atom is -0.507 e. The second-order valence-corrected chi connectivity index (χ2v) is 15.9. The third-order valence-corrected chi connectivity index (χ3v) is 11.4. The fraction of sp³-hybridized carbons (Fsp3) is 0.444. The van der Waals surface area contributed by atoms with Gasteiger partial charge in [-0.1, -0.05) is 39.0 Å². The van der Waals surface area contributed by atoms with Crippen LogP contribution in [0.1, 0.15) is 70.3 Å². The molecule has 2 aromatic carbocycles. The topological polar surface area (TPSA) is 242 Å². The van der Waals surface area contributed by atoms with Crippen molar-refractivity contribution in [2.75, 3.05) is 31.6 Å². The molecule has 0 fully saturated rings. The number of phenolic OH excluding ortho intramolecular Hbond substituents is 1. The molecule has 16 heteroatoms. The number of carbonyl (C=O) groups excluding carboxylic acids is 3. The van der Waals surface area contributed by atoms with E-state index in [0.717, 1.165) is 0 Å². The molecule has 61 heavy (non-hydrogen) atoms. The quantitative estimate of drug-likeness (QED) is 0.0621. The number of nitrogens with one attached hydrogen (secondary N) is 2. The van der Waals surface area contributed by atoms with Gasteiger partial charge in [0.05, 0.1) is 29.4 Å². The van der Waals surface area contributed by atoms with Gasteiger partial charge < -0.3 is 55.1 Å². The van der Waals surface area contributed by atoms with E-state index in [1.807, 2.05) is 0 Å². The molecule has 0 unspecified atom stereocenters. The molecule has 0 saturated heterocycles. The van der Waals surface area contributed by atoms with Crippen molar-refractivity contribution in [1.82, 2.24) is 10.3 Å². The zero-order valence-electron chi connectivity index (χ0n) is 35.4. The number of Topliss-reactive ketones (excluding diaryl/α,β-unsaturated/α-hetero) is 1. The molecule has 0 saturated carbocycles. The minimum atomic E-state index is -1.96. The number of aromatic hydroxyl groups is 1. The number of hydrogen-bond donors (Lipinski definition) is 6. The number of allylic oxidation sites excluding steroid dienone is 3. The highest BCUT2D eigenvalue weighted by atomic mass is 16.7.